The van der Waals surface area contributed by atoms with Gasteiger partial charge in [-0.15, -0.1) is 0 Å². The summed E-state index contributed by atoms with van der Waals surface area (Å²) in [6.45, 7) is 1.70. The molecule has 2 heterocycles. The molecule has 2 aromatic heterocycles. The number of carbonyl (C=O) groups excluding carboxylic acids is 1. The van der Waals surface area contributed by atoms with Crippen molar-refractivity contribution in [3.05, 3.63) is 58.6 Å². The molecule has 2 N–H and O–H groups in total. The van der Waals surface area contributed by atoms with E-state index >= 15 is 0 Å². The fourth-order valence-electron chi connectivity index (χ4n) is 3.66. The molecular formula is C22H26FN3O6S2. The highest BCUT2D eigenvalue weighted by Gasteiger charge is 2.26. The highest BCUT2D eigenvalue weighted by atomic mass is 32.2. The normalized spacial score (nSPS) is 12.2. The molecule has 0 atom stereocenters. The van der Waals surface area contributed by atoms with Gasteiger partial charge in [0.05, 0.1) is 23.0 Å². The van der Waals surface area contributed by atoms with Crippen LogP contribution in [0.3, 0.4) is 0 Å². The molecule has 12 heteroatoms. The molecule has 0 saturated heterocycles. The third-order valence-electron chi connectivity index (χ3n) is 5.23. The molecule has 0 saturated carbocycles. The Bertz CT molecular complexity index is 1430. The van der Waals surface area contributed by atoms with Crippen LogP contribution in [0.2, 0.25) is 0 Å². The number of nitrogens with two attached hydrogens (primary N) is 1. The number of aryl methyl sites for hydroxylation is 1. The molecule has 0 aliphatic rings. The summed E-state index contributed by atoms with van der Waals surface area (Å²) in [6.07, 6.45) is 2.70. The molecule has 9 nitrogen and oxygen atoms in total. The second-order valence-corrected chi connectivity index (χ2v) is 12.2. The first-order valence-electron chi connectivity index (χ1n) is 10.4. The summed E-state index contributed by atoms with van der Waals surface area (Å²) in [5.74, 6) is -0.996. The Morgan fingerprint density at radius 2 is 1.79 bits per heavy atom. The van der Waals surface area contributed by atoms with Gasteiger partial charge in [-0.2, -0.15) is 4.98 Å². The first-order valence-corrected chi connectivity index (χ1v) is 14.4. The summed E-state index contributed by atoms with van der Waals surface area (Å²) in [4.78, 5) is 16.7. The minimum Gasteiger partial charge on any atom is -0.441 e. The van der Waals surface area contributed by atoms with Gasteiger partial charge in [-0.05, 0) is 42.2 Å². The number of fused-ring (bicyclic) bond motifs is 1. The van der Waals surface area contributed by atoms with Crippen LogP contribution in [0.15, 0.2) is 34.7 Å². The van der Waals surface area contributed by atoms with E-state index in [9.17, 15) is 26.0 Å². The maximum atomic E-state index is 13.3. The largest absolute Gasteiger partial charge is 0.441 e. The van der Waals surface area contributed by atoms with Gasteiger partial charge in [0.2, 0.25) is 15.7 Å². The van der Waals surface area contributed by atoms with Gasteiger partial charge in [-0.25, -0.2) is 21.2 Å². The van der Waals surface area contributed by atoms with Crippen LogP contribution in [0.4, 0.5) is 10.2 Å². The van der Waals surface area contributed by atoms with E-state index in [4.69, 9.17) is 10.2 Å². The Balaban J connectivity index is 2.12. The molecule has 184 valence electrons. The fraction of sp³-hybridized carbons (Fsp3) is 0.364. The maximum absolute atomic E-state index is 13.3. The number of anilines is 1. The average molecular weight is 512 g/mol. The molecule has 1 amide bonds. The standard InChI is InChI=1S/C22H26FN3O6S2/c1-4-15-13-17-19(20(24)27)18(12-14-6-8-16(23)9-7-14)32-22(17)25-21(15)26(34(3,30)31)10-5-11-33(2,28)29/h6-9,13H,4-5,10-12H2,1-3H3,(H2,24,27). The van der Waals surface area contributed by atoms with Crippen LogP contribution in [0.1, 0.15) is 40.6 Å². The van der Waals surface area contributed by atoms with Crippen LogP contribution in [0.25, 0.3) is 11.1 Å². The molecular weight excluding hydrogens is 485 g/mol. The van der Waals surface area contributed by atoms with E-state index in [1.54, 1.807) is 25.1 Å². The van der Waals surface area contributed by atoms with Gasteiger partial charge in [0, 0.05) is 19.2 Å². The highest BCUT2D eigenvalue weighted by molar-refractivity contribution is 7.92. The van der Waals surface area contributed by atoms with E-state index in [1.807, 2.05) is 0 Å². The monoisotopic (exact) mass is 511 g/mol. The third-order valence-corrected chi connectivity index (χ3v) is 7.42. The molecule has 0 fully saturated rings. The number of carbonyl (C=O) groups is 1. The van der Waals surface area contributed by atoms with E-state index in [1.165, 1.54) is 12.1 Å². The van der Waals surface area contributed by atoms with Gasteiger partial charge >= 0.3 is 0 Å². The van der Waals surface area contributed by atoms with Crippen LogP contribution in [0, 0.1) is 5.82 Å². The molecule has 0 spiro atoms. The lowest BCUT2D eigenvalue weighted by molar-refractivity contribution is 0.1000. The van der Waals surface area contributed by atoms with Crippen LogP contribution < -0.4 is 10.0 Å². The molecule has 0 aliphatic heterocycles. The van der Waals surface area contributed by atoms with Crippen LogP contribution in [-0.2, 0) is 32.7 Å². The van der Waals surface area contributed by atoms with E-state index in [-0.39, 0.29) is 48.0 Å². The van der Waals surface area contributed by atoms with Gasteiger partial charge in [0.1, 0.15) is 27.2 Å². The van der Waals surface area contributed by atoms with Crippen LogP contribution in [-0.4, -0.2) is 52.5 Å². The second kappa shape index (κ2) is 9.71. The number of benzene rings is 1. The summed E-state index contributed by atoms with van der Waals surface area (Å²) < 4.78 is 68.2. The number of pyridine rings is 1. The van der Waals surface area contributed by atoms with Crippen molar-refractivity contribution in [3.63, 3.8) is 0 Å². The highest BCUT2D eigenvalue weighted by Crippen LogP contribution is 2.32. The minimum atomic E-state index is -3.80. The fourth-order valence-corrected chi connectivity index (χ4v) is 5.25. The van der Waals surface area contributed by atoms with E-state index in [2.05, 4.69) is 4.98 Å². The number of halogens is 1. The van der Waals surface area contributed by atoms with Crippen molar-refractivity contribution < 1.29 is 30.4 Å². The molecule has 1 aromatic carbocycles. The van der Waals surface area contributed by atoms with Crippen molar-refractivity contribution >= 4 is 42.7 Å². The quantitative estimate of drug-likeness (QED) is 0.441. The average Bonchev–Trinajstić information content (AvgIpc) is 3.07. The lowest BCUT2D eigenvalue weighted by atomic mass is 10.0. The van der Waals surface area contributed by atoms with Crippen molar-refractivity contribution in [3.8, 4) is 0 Å². The maximum Gasteiger partial charge on any atom is 0.252 e. The number of furan rings is 1. The van der Waals surface area contributed by atoms with Gasteiger partial charge in [-0.3, -0.25) is 9.10 Å². The molecule has 3 rings (SSSR count). The Kier molecular flexibility index (Phi) is 7.32. The van der Waals surface area contributed by atoms with Crippen molar-refractivity contribution in [1.29, 1.82) is 0 Å². The van der Waals surface area contributed by atoms with E-state index < -0.39 is 31.6 Å². The Morgan fingerprint density at radius 1 is 1.15 bits per heavy atom. The summed E-state index contributed by atoms with van der Waals surface area (Å²) in [7, 11) is -7.08. The van der Waals surface area contributed by atoms with E-state index in [0.29, 0.717) is 22.9 Å². The predicted molar refractivity (Wildman–Crippen MR) is 128 cm³/mol. The second-order valence-electron chi connectivity index (χ2n) is 8.06. The topological polar surface area (TPSA) is 141 Å². The summed E-state index contributed by atoms with van der Waals surface area (Å²) in [6, 6.07) is 7.29. The Morgan fingerprint density at radius 3 is 2.32 bits per heavy atom. The van der Waals surface area contributed by atoms with Gasteiger partial charge in [0.15, 0.2) is 0 Å². The van der Waals surface area contributed by atoms with Crippen molar-refractivity contribution in [2.45, 2.75) is 26.2 Å². The SMILES string of the molecule is CCc1cc2c(C(N)=O)c(Cc3ccc(F)cc3)oc2nc1N(CCCS(C)(=O)=O)S(C)(=O)=O. The molecule has 34 heavy (non-hydrogen) atoms. The zero-order valence-electron chi connectivity index (χ0n) is 19.0. The number of nitrogens with zero attached hydrogens (tertiary/aromatic N) is 2. The smallest absolute Gasteiger partial charge is 0.252 e. The summed E-state index contributed by atoms with van der Waals surface area (Å²) in [5, 5.41) is 0.342. The van der Waals surface area contributed by atoms with Gasteiger partial charge in [-0.1, -0.05) is 19.1 Å². The number of hydrogen-bond acceptors (Lipinski definition) is 7. The first kappa shape index (κ1) is 25.6. The minimum absolute atomic E-state index is 0.0230. The number of amides is 1. The summed E-state index contributed by atoms with van der Waals surface area (Å²) in [5.41, 5.74) is 6.96. The van der Waals surface area contributed by atoms with Crippen molar-refractivity contribution in [2.24, 2.45) is 5.73 Å². The lowest BCUT2D eigenvalue weighted by Crippen LogP contribution is -2.33. The molecule has 3 aromatic rings. The Labute approximate surface area is 197 Å². The van der Waals surface area contributed by atoms with Gasteiger partial charge in [0.25, 0.3) is 5.91 Å². The number of primary amides is 1. The predicted octanol–water partition coefficient (Wildman–Crippen LogP) is 2.42. The zero-order chi connectivity index (χ0) is 25.3. The lowest BCUT2D eigenvalue weighted by Gasteiger charge is -2.23. The molecule has 0 bridgehead atoms. The Hall–Kier alpha value is -2.99. The van der Waals surface area contributed by atoms with Crippen LogP contribution in [0.5, 0.6) is 0 Å². The number of sulfonamides is 1. The van der Waals surface area contributed by atoms with E-state index in [0.717, 1.165) is 16.8 Å². The number of sulfone groups is 1. The first-order chi connectivity index (χ1) is 15.8. The van der Waals surface area contributed by atoms with Crippen molar-refractivity contribution in [1.82, 2.24) is 4.98 Å². The van der Waals surface area contributed by atoms with Crippen molar-refractivity contribution in [2.75, 3.05) is 29.1 Å². The third kappa shape index (κ3) is 5.92. The van der Waals surface area contributed by atoms with Crippen LogP contribution >= 0.6 is 0 Å². The van der Waals surface area contributed by atoms with Gasteiger partial charge < -0.3 is 10.2 Å². The number of hydrogen-bond donors (Lipinski definition) is 1. The number of aromatic nitrogens is 1. The zero-order valence-corrected chi connectivity index (χ0v) is 20.7. The molecule has 0 aliphatic carbocycles. The number of rotatable bonds is 10. The molecule has 0 radical (unpaired) electrons. The molecule has 0 unspecified atom stereocenters. The summed E-state index contributed by atoms with van der Waals surface area (Å²) >= 11 is 0.